The van der Waals surface area contributed by atoms with Crippen LogP contribution in [0.25, 0.3) is 0 Å². The molecule has 0 atom stereocenters. The number of aryl methyl sites for hydroxylation is 1. The first-order chi connectivity index (χ1) is 11.6. The lowest BCUT2D eigenvalue weighted by molar-refractivity contribution is -0.143. The van der Waals surface area contributed by atoms with Gasteiger partial charge in [-0.1, -0.05) is 48.0 Å². The molecule has 0 saturated heterocycles. The van der Waals surface area contributed by atoms with E-state index in [0.29, 0.717) is 25.3 Å². The molecule has 2 aromatic carbocycles. The van der Waals surface area contributed by atoms with Gasteiger partial charge in [0.1, 0.15) is 0 Å². The van der Waals surface area contributed by atoms with Crippen LogP contribution < -0.4 is 0 Å². The summed E-state index contributed by atoms with van der Waals surface area (Å²) in [5.74, 6) is -0.368. The summed E-state index contributed by atoms with van der Waals surface area (Å²) in [5.41, 5.74) is 2.83. The van der Waals surface area contributed by atoms with Gasteiger partial charge in [0.05, 0.1) is 13.0 Å². The molecule has 1 amide bonds. The van der Waals surface area contributed by atoms with Gasteiger partial charge in [0.25, 0.3) is 5.91 Å². The highest BCUT2D eigenvalue weighted by molar-refractivity contribution is 5.94. The van der Waals surface area contributed by atoms with Crippen LogP contribution in [0.15, 0.2) is 54.6 Å². The van der Waals surface area contributed by atoms with E-state index in [1.165, 1.54) is 5.56 Å². The molecule has 0 saturated carbocycles. The molecule has 2 rings (SSSR count). The highest BCUT2D eigenvalue weighted by atomic mass is 16.5. The second-order valence-corrected chi connectivity index (χ2v) is 5.63. The molecule has 0 aliphatic heterocycles. The average molecular weight is 325 g/mol. The molecule has 0 fully saturated rings. The topological polar surface area (TPSA) is 46.6 Å². The number of benzene rings is 2. The van der Waals surface area contributed by atoms with Gasteiger partial charge >= 0.3 is 5.97 Å². The molecule has 4 nitrogen and oxygen atoms in total. The van der Waals surface area contributed by atoms with E-state index < -0.39 is 0 Å². The van der Waals surface area contributed by atoms with Crippen molar-refractivity contribution in [1.29, 1.82) is 0 Å². The van der Waals surface area contributed by atoms with Gasteiger partial charge in [0.15, 0.2) is 0 Å². The van der Waals surface area contributed by atoms with Crippen LogP contribution in [-0.4, -0.2) is 29.9 Å². The minimum absolute atomic E-state index is 0.0829. The van der Waals surface area contributed by atoms with Crippen LogP contribution >= 0.6 is 0 Å². The van der Waals surface area contributed by atoms with Gasteiger partial charge in [-0.2, -0.15) is 0 Å². The fourth-order valence-electron chi connectivity index (χ4n) is 2.39. The van der Waals surface area contributed by atoms with Crippen molar-refractivity contribution in [3.8, 4) is 0 Å². The zero-order valence-corrected chi connectivity index (χ0v) is 14.2. The molecule has 0 aliphatic carbocycles. The molecular weight excluding hydrogens is 302 g/mol. The maximum atomic E-state index is 12.8. The number of nitrogens with zero attached hydrogens (tertiary/aromatic N) is 1. The number of esters is 1. The molecule has 0 N–H and O–H groups in total. The van der Waals surface area contributed by atoms with Crippen molar-refractivity contribution in [3.05, 3.63) is 71.3 Å². The third-order valence-electron chi connectivity index (χ3n) is 3.69. The van der Waals surface area contributed by atoms with Gasteiger partial charge in [-0.25, -0.2) is 0 Å². The number of carbonyl (C=O) groups is 2. The summed E-state index contributed by atoms with van der Waals surface area (Å²) in [4.78, 5) is 26.1. The SMILES string of the molecule is CCOC(=O)CCN(Cc1ccc(C)cc1)C(=O)c1ccccc1. The molecule has 4 heteroatoms. The van der Waals surface area contributed by atoms with Gasteiger partial charge in [0.2, 0.25) is 0 Å². The summed E-state index contributed by atoms with van der Waals surface area (Å²) in [6.45, 7) is 4.95. The number of hydrogen-bond donors (Lipinski definition) is 0. The predicted octanol–water partition coefficient (Wildman–Crippen LogP) is 3.59. The van der Waals surface area contributed by atoms with Crippen LogP contribution in [-0.2, 0) is 16.1 Å². The zero-order valence-electron chi connectivity index (χ0n) is 14.2. The molecule has 0 spiro atoms. The van der Waals surface area contributed by atoms with Crippen molar-refractivity contribution in [2.24, 2.45) is 0 Å². The normalized spacial score (nSPS) is 10.2. The van der Waals surface area contributed by atoms with Crippen LogP contribution in [0.4, 0.5) is 0 Å². The van der Waals surface area contributed by atoms with Crippen molar-refractivity contribution in [2.45, 2.75) is 26.8 Å². The van der Waals surface area contributed by atoms with Crippen LogP contribution in [0.1, 0.15) is 34.8 Å². The molecule has 0 bridgehead atoms. The minimum atomic E-state index is -0.285. The first kappa shape index (κ1) is 17.7. The Morgan fingerprint density at radius 1 is 1.00 bits per heavy atom. The maximum absolute atomic E-state index is 12.8. The van der Waals surface area contributed by atoms with Crippen LogP contribution in [0, 0.1) is 6.92 Å². The Balaban J connectivity index is 2.12. The molecule has 2 aromatic rings. The smallest absolute Gasteiger partial charge is 0.307 e. The van der Waals surface area contributed by atoms with Crippen LogP contribution in [0.5, 0.6) is 0 Å². The summed E-state index contributed by atoms with van der Waals surface area (Å²) in [7, 11) is 0. The van der Waals surface area contributed by atoms with Gasteiger partial charge in [-0.15, -0.1) is 0 Å². The number of rotatable bonds is 7. The van der Waals surface area contributed by atoms with E-state index in [0.717, 1.165) is 5.56 Å². The lowest BCUT2D eigenvalue weighted by atomic mass is 10.1. The highest BCUT2D eigenvalue weighted by Crippen LogP contribution is 2.12. The summed E-state index contributed by atoms with van der Waals surface area (Å²) < 4.78 is 4.97. The first-order valence-corrected chi connectivity index (χ1v) is 8.15. The largest absolute Gasteiger partial charge is 0.466 e. The molecule has 126 valence electrons. The Morgan fingerprint density at radius 3 is 2.29 bits per heavy atom. The number of hydrogen-bond acceptors (Lipinski definition) is 3. The summed E-state index contributed by atoms with van der Waals surface area (Å²) in [5, 5.41) is 0. The Morgan fingerprint density at radius 2 is 1.67 bits per heavy atom. The van der Waals surface area contributed by atoms with E-state index in [1.807, 2.05) is 49.4 Å². The Hall–Kier alpha value is -2.62. The van der Waals surface area contributed by atoms with E-state index in [4.69, 9.17) is 4.74 Å². The summed E-state index contributed by atoms with van der Waals surface area (Å²) >= 11 is 0. The third kappa shape index (κ3) is 5.23. The molecule has 24 heavy (non-hydrogen) atoms. The molecular formula is C20H23NO3. The fourth-order valence-corrected chi connectivity index (χ4v) is 2.39. The first-order valence-electron chi connectivity index (χ1n) is 8.15. The molecule has 0 unspecified atom stereocenters. The molecule has 0 aliphatic rings. The second kappa shape index (κ2) is 8.87. The monoisotopic (exact) mass is 325 g/mol. The van der Waals surface area contributed by atoms with Gasteiger partial charge < -0.3 is 9.64 Å². The Kier molecular flexibility index (Phi) is 6.55. The minimum Gasteiger partial charge on any atom is -0.466 e. The van der Waals surface area contributed by atoms with Crippen molar-refractivity contribution >= 4 is 11.9 Å². The summed E-state index contributed by atoms with van der Waals surface area (Å²) in [6.07, 6.45) is 0.193. The number of amides is 1. The van der Waals surface area contributed by atoms with Crippen molar-refractivity contribution < 1.29 is 14.3 Å². The highest BCUT2D eigenvalue weighted by Gasteiger charge is 2.17. The van der Waals surface area contributed by atoms with Crippen molar-refractivity contribution in [3.63, 3.8) is 0 Å². The van der Waals surface area contributed by atoms with Crippen LogP contribution in [0.2, 0.25) is 0 Å². The lowest BCUT2D eigenvalue weighted by Gasteiger charge is -2.23. The Bertz CT molecular complexity index is 665. The zero-order chi connectivity index (χ0) is 17.4. The molecule has 0 heterocycles. The van der Waals surface area contributed by atoms with Gasteiger partial charge in [0, 0.05) is 18.7 Å². The number of ether oxygens (including phenoxy) is 1. The van der Waals surface area contributed by atoms with E-state index in [1.54, 1.807) is 24.0 Å². The standard InChI is InChI=1S/C20H23NO3/c1-3-24-19(22)13-14-21(15-17-11-9-16(2)10-12-17)20(23)18-7-5-4-6-8-18/h4-12H,3,13-15H2,1-2H3. The summed E-state index contributed by atoms with van der Waals surface area (Å²) in [6, 6.07) is 17.2. The van der Waals surface area contributed by atoms with Crippen LogP contribution in [0.3, 0.4) is 0 Å². The van der Waals surface area contributed by atoms with Crippen molar-refractivity contribution in [1.82, 2.24) is 4.90 Å². The molecule has 0 radical (unpaired) electrons. The van der Waals surface area contributed by atoms with E-state index in [9.17, 15) is 9.59 Å². The quantitative estimate of drug-likeness (QED) is 0.731. The predicted molar refractivity (Wildman–Crippen MR) is 93.6 cm³/mol. The van der Waals surface area contributed by atoms with E-state index >= 15 is 0 Å². The van der Waals surface area contributed by atoms with E-state index in [2.05, 4.69) is 0 Å². The van der Waals surface area contributed by atoms with Crippen molar-refractivity contribution in [2.75, 3.05) is 13.2 Å². The van der Waals surface area contributed by atoms with Gasteiger partial charge in [-0.3, -0.25) is 9.59 Å². The molecule has 0 aromatic heterocycles. The van der Waals surface area contributed by atoms with Gasteiger partial charge in [-0.05, 0) is 31.5 Å². The lowest BCUT2D eigenvalue weighted by Crippen LogP contribution is -2.32. The second-order valence-electron chi connectivity index (χ2n) is 5.63. The average Bonchev–Trinajstić information content (AvgIpc) is 2.60. The van der Waals surface area contributed by atoms with E-state index in [-0.39, 0.29) is 18.3 Å². The third-order valence-corrected chi connectivity index (χ3v) is 3.69. The Labute approximate surface area is 143 Å². The number of carbonyl (C=O) groups excluding carboxylic acids is 2. The fraction of sp³-hybridized carbons (Fsp3) is 0.300. The maximum Gasteiger partial charge on any atom is 0.307 e.